The maximum atomic E-state index is 14.0. The highest BCUT2D eigenvalue weighted by atomic mass is 32.2. The average molecular weight is 1310 g/mol. The molecular formula is C61H79N9O19S2. The molecule has 0 spiro atoms. The largest absolute Gasteiger partial charge is 0.514 e. The van der Waals surface area contributed by atoms with E-state index in [9.17, 15) is 56.2 Å². The van der Waals surface area contributed by atoms with Crippen LogP contribution in [0.1, 0.15) is 58.1 Å². The first-order valence-electron chi connectivity index (χ1n) is 29.5. The van der Waals surface area contributed by atoms with Gasteiger partial charge in [0.05, 0.1) is 71.2 Å². The van der Waals surface area contributed by atoms with E-state index in [2.05, 4.69) is 16.0 Å². The number of carbonyl (C=O) groups is 4. The number of anilines is 1. The predicted molar refractivity (Wildman–Crippen MR) is 333 cm³/mol. The summed E-state index contributed by atoms with van der Waals surface area (Å²) in [5.74, 6) is -0.367. The molecule has 0 saturated carbocycles. The van der Waals surface area contributed by atoms with Crippen molar-refractivity contribution < 1.29 is 79.0 Å². The molecule has 0 radical (unpaired) electrons. The van der Waals surface area contributed by atoms with Crippen LogP contribution in [0.15, 0.2) is 143 Å². The molecule has 28 nitrogen and oxygen atoms in total. The number of non-ortho nitro benzene ring substituents is 2. The molecule has 5 aromatic rings. The van der Waals surface area contributed by atoms with Gasteiger partial charge in [0.15, 0.2) is 0 Å². The summed E-state index contributed by atoms with van der Waals surface area (Å²) in [7, 11) is -8.37. The Kier molecular flexibility index (Phi) is 27.7. The van der Waals surface area contributed by atoms with E-state index in [-0.39, 0.29) is 84.4 Å². The van der Waals surface area contributed by atoms with Gasteiger partial charge in [-0.2, -0.15) is 8.61 Å². The van der Waals surface area contributed by atoms with Crippen LogP contribution >= 0.6 is 0 Å². The van der Waals surface area contributed by atoms with E-state index >= 15 is 0 Å². The van der Waals surface area contributed by atoms with Gasteiger partial charge < -0.3 is 60.6 Å². The Morgan fingerprint density at radius 3 is 1.41 bits per heavy atom. The molecular weight excluding hydrogens is 1230 g/mol. The normalized spacial score (nSPS) is 16.1. The van der Waals surface area contributed by atoms with Gasteiger partial charge in [-0.25, -0.2) is 36.0 Å². The molecule has 494 valence electrons. The lowest BCUT2D eigenvalue weighted by molar-refractivity contribution is -0.385. The van der Waals surface area contributed by atoms with E-state index in [4.69, 9.17) is 44.6 Å². The summed E-state index contributed by atoms with van der Waals surface area (Å²) < 4.78 is 96.5. The zero-order valence-corrected chi connectivity index (χ0v) is 52.6. The number of nitro benzene ring substituents is 2. The topological polar surface area (TPSA) is 382 Å². The molecule has 0 aliphatic carbocycles. The lowest BCUT2D eigenvalue weighted by Crippen LogP contribution is -2.54. The molecule has 2 heterocycles. The van der Waals surface area contributed by atoms with Gasteiger partial charge in [-0.1, -0.05) is 88.4 Å². The first-order valence-corrected chi connectivity index (χ1v) is 32.3. The first kappa shape index (κ1) is 71.6. The predicted octanol–water partition coefficient (Wildman–Crippen LogP) is 7.35. The number of hydrogen-bond donors (Lipinski definition) is 5. The van der Waals surface area contributed by atoms with E-state index in [1.165, 1.54) is 40.7 Å². The van der Waals surface area contributed by atoms with Crippen molar-refractivity contribution in [2.24, 2.45) is 17.6 Å². The molecule has 0 bridgehead atoms. The lowest BCUT2D eigenvalue weighted by atomic mass is 10.0. The highest BCUT2D eigenvalue weighted by Gasteiger charge is 2.38. The average Bonchev–Trinajstić information content (AvgIpc) is 1.20. The van der Waals surface area contributed by atoms with Gasteiger partial charge in [-0.3, -0.25) is 20.2 Å². The third-order valence-corrected chi connectivity index (χ3v) is 17.6. The summed E-state index contributed by atoms with van der Waals surface area (Å²) in [4.78, 5) is 73.0. The highest BCUT2D eigenvalue weighted by Crippen LogP contribution is 2.26. The summed E-state index contributed by atoms with van der Waals surface area (Å²) in [5.41, 5.74) is 12.8. The number of benzene rings is 5. The molecule has 30 heteroatoms. The zero-order valence-electron chi connectivity index (χ0n) is 50.9. The SMILES string of the molecule is CC(C)CN(C[C@@H](OC(=O)NCCCN)[C@H](Cc1ccccc1)NC(=O)O[C@H]1CCOC1)S(=O)(=O)c1ccc(N)cc1.CC(C)CN(C[C@@H](OC(=O)Oc1ccc([N+](=O)[O-])cc1)[C@H](Cc1ccccc1)NC(=O)O[C@H]1CCOC1)S(=O)(=O)c1ccc([N+](=O)[O-])cc1. The summed E-state index contributed by atoms with van der Waals surface area (Å²) in [5, 5.41) is 30.5. The Hall–Kier alpha value is -8.52. The number of nitrogens with one attached hydrogen (secondary N) is 3. The maximum Gasteiger partial charge on any atom is 0.514 e. The Bertz CT molecular complexity index is 3360. The molecule has 2 aliphatic heterocycles. The summed E-state index contributed by atoms with van der Waals surface area (Å²) >= 11 is 0. The number of nitrogens with two attached hydrogens (primary N) is 2. The summed E-state index contributed by atoms with van der Waals surface area (Å²) in [6.45, 7) is 8.78. The van der Waals surface area contributed by atoms with Gasteiger partial charge in [0.2, 0.25) is 20.0 Å². The lowest BCUT2D eigenvalue weighted by Gasteiger charge is -2.33. The van der Waals surface area contributed by atoms with E-state index in [0.717, 1.165) is 46.3 Å². The molecule has 3 amide bonds. The van der Waals surface area contributed by atoms with Gasteiger partial charge in [-0.15, -0.1) is 0 Å². The van der Waals surface area contributed by atoms with Crippen LogP contribution in [0, 0.1) is 32.1 Å². The van der Waals surface area contributed by atoms with Crippen LogP contribution in [0.4, 0.5) is 36.2 Å². The summed E-state index contributed by atoms with van der Waals surface area (Å²) in [6, 6.07) is 31.2. The molecule has 0 aromatic heterocycles. The van der Waals surface area contributed by atoms with Crippen LogP contribution in [0.2, 0.25) is 0 Å². The molecule has 5 aromatic carbocycles. The molecule has 2 fully saturated rings. The minimum Gasteiger partial charge on any atom is -0.444 e. The first-order chi connectivity index (χ1) is 43.4. The Labute approximate surface area is 528 Å². The van der Waals surface area contributed by atoms with Crippen LogP contribution in [-0.4, -0.2) is 162 Å². The molecule has 2 aliphatic rings. The smallest absolute Gasteiger partial charge is 0.444 e. The van der Waals surface area contributed by atoms with Crippen LogP contribution in [0.3, 0.4) is 0 Å². The van der Waals surface area contributed by atoms with Gasteiger partial charge in [-0.05, 0) is 97.3 Å². The van der Waals surface area contributed by atoms with Crippen molar-refractivity contribution in [1.29, 1.82) is 0 Å². The third-order valence-electron chi connectivity index (χ3n) is 13.9. The zero-order chi connectivity index (χ0) is 66.1. The number of alkyl carbamates (subject to hydrolysis) is 3. The van der Waals surface area contributed by atoms with E-state index in [0.29, 0.717) is 56.9 Å². The van der Waals surface area contributed by atoms with Crippen LogP contribution in [-0.2, 0) is 61.3 Å². The number of amides is 3. The van der Waals surface area contributed by atoms with Crippen molar-refractivity contribution in [3.05, 3.63) is 165 Å². The second-order valence-electron chi connectivity index (χ2n) is 22.2. The second kappa shape index (κ2) is 35.2. The fraction of sp³-hybridized carbons (Fsp3) is 0.443. The Morgan fingerprint density at radius 2 is 1.01 bits per heavy atom. The van der Waals surface area contributed by atoms with Crippen molar-refractivity contribution in [3.63, 3.8) is 0 Å². The number of carbonyl (C=O) groups excluding carboxylic acids is 4. The van der Waals surface area contributed by atoms with Gasteiger partial charge in [0.1, 0.15) is 30.2 Å². The molecule has 7 N–H and O–H groups in total. The number of hydrogen-bond acceptors (Lipinski definition) is 21. The van der Waals surface area contributed by atoms with E-state index < -0.39 is 97.4 Å². The van der Waals surface area contributed by atoms with Crippen molar-refractivity contribution >= 4 is 61.5 Å². The molecule has 6 atom stereocenters. The maximum absolute atomic E-state index is 14.0. The number of sulfonamides is 2. The molecule has 0 unspecified atom stereocenters. The van der Waals surface area contributed by atoms with Crippen molar-refractivity contribution in [3.8, 4) is 5.75 Å². The van der Waals surface area contributed by atoms with Crippen molar-refractivity contribution in [2.75, 3.05) is 71.4 Å². The quantitative estimate of drug-likeness (QED) is 0.00570. The monoisotopic (exact) mass is 1310 g/mol. The van der Waals surface area contributed by atoms with Crippen LogP contribution < -0.4 is 32.2 Å². The second-order valence-corrected chi connectivity index (χ2v) is 26.1. The van der Waals surface area contributed by atoms with Gasteiger partial charge in [0, 0.05) is 62.4 Å². The molecule has 2 saturated heterocycles. The van der Waals surface area contributed by atoms with E-state index in [1.807, 2.05) is 44.2 Å². The minimum atomic E-state index is -4.34. The van der Waals surface area contributed by atoms with E-state index in [1.54, 1.807) is 44.2 Å². The van der Waals surface area contributed by atoms with Crippen LogP contribution in [0.5, 0.6) is 5.75 Å². The minimum absolute atomic E-state index is 0.0525. The van der Waals surface area contributed by atoms with Crippen molar-refractivity contribution in [2.45, 2.75) is 106 Å². The van der Waals surface area contributed by atoms with Gasteiger partial charge >= 0.3 is 24.4 Å². The Balaban J connectivity index is 0.000000293. The molecule has 7 rings (SSSR count). The van der Waals surface area contributed by atoms with Gasteiger partial charge in [0.25, 0.3) is 11.4 Å². The number of nitrogens with zero attached hydrogens (tertiary/aromatic N) is 4. The fourth-order valence-corrected chi connectivity index (χ4v) is 12.7. The summed E-state index contributed by atoms with van der Waals surface area (Å²) in [6.07, 6.45) is -5.05. The highest BCUT2D eigenvalue weighted by molar-refractivity contribution is 7.89. The van der Waals surface area contributed by atoms with Crippen molar-refractivity contribution in [1.82, 2.24) is 24.6 Å². The number of nitro groups is 2. The standard InChI is InChI=1S/C32H36N4O12S.C29H43N5O7S/c1-22(2)19-34(49(43,44)28-14-10-25(11-15-28)36(41)42)20-30(48-32(38)47-26-12-8-24(9-13-26)35(39)40)29(18-23-6-4-3-5-7-23)33-31(37)46-27-16-17-45-21-27;1-21(2)18-34(42(37,38)25-11-9-23(31)10-12-25)19-27(41-28(35)32-15-6-14-30)26(17-22-7-4-3-5-8-22)33-29(36)40-24-13-16-39-20-24/h3-15,22,27,29-30H,16-21H2,1-2H3,(H,33,37);3-5,7-12,21,24,26-27H,6,13-20,30-31H2,1-2H3,(H,32,35)(H,33,36)/t27-,29-,30+;24-,26-,27+/m00/s1. The third kappa shape index (κ3) is 23.3. The number of nitrogen functional groups attached to an aromatic ring is 1. The van der Waals surface area contributed by atoms with Crippen LogP contribution in [0.25, 0.3) is 0 Å². The number of ether oxygens (including phenoxy) is 7. The fourth-order valence-electron chi connectivity index (χ4n) is 9.45. The molecule has 91 heavy (non-hydrogen) atoms. The number of rotatable bonds is 30. The Morgan fingerprint density at radius 1 is 0.593 bits per heavy atom.